The first-order chi connectivity index (χ1) is 10.1. The number of halogens is 1. The SMILES string of the molecule is CCCCn1ncc(NC(C)c2ccccn2)c(Cl)c1=O. The topological polar surface area (TPSA) is 59.8 Å². The highest BCUT2D eigenvalue weighted by atomic mass is 35.5. The Labute approximate surface area is 129 Å². The van der Waals surface area contributed by atoms with Crippen LogP contribution in [0.5, 0.6) is 0 Å². The van der Waals surface area contributed by atoms with Crippen molar-refractivity contribution in [1.29, 1.82) is 0 Å². The van der Waals surface area contributed by atoms with Crippen LogP contribution in [0, 0.1) is 0 Å². The maximum atomic E-state index is 12.1. The second kappa shape index (κ2) is 7.22. The molecule has 2 aromatic rings. The van der Waals surface area contributed by atoms with Crippen molar-refractivity contribution in [2.75, 3.05) is 5.32 Å². The van der Waals surface area contributed by atoms with Crippen LogP contribution >= 0.6 is 11.6 Å². The van der Waals surface area contributed by atoms with Crippen molar-refractivity contribution >= 4 is 17.3 Å². The van der Waals surface area contributed by atoms with Crippen LogP contribution in [-0.4, -0.2) is 14.8 Å². The minimum atomic E-state index is -0.261. The van der Waals surface area contributed by atoms with Gasteiger partial charge in [-0.15, -0.1) is 0 Å². The molecule has 0 aliphatic rings. The first-order valence-electron chi connectivity index (χ1n) is 7.06. The minimum Gasteiger partial charge on any atom is -0.374 e. The predicted molar refractivity (Wildman–Crippen MR) is 84.7 cm³/mol. The number of nitrogens with one attached hydrogen (secondary N) is 1. The molecule has 0 aromatic carbocycles. The monoisotopic (exact) mass is 306 g/mol. The Morgan fingerprint density at radius 1 is 1.43 bits per heavy atom. The molecule has 0 saturated carbocycles. The van der Waals surface area contributed by atoms with E-state index in [1.807, 2.05) is 25.1 Å². The largest absolute Gasteiger partial charge is 0.374 e. The molecule has 0 aliphatic carbocycles. The highest BCUT2D eigenvalue weighted by Gasteiger charge is 2.12. The molecule has 1 unspecified atom stereocenters. The van der Waals surface area contributed by atoms with Gasteiger partial charge in [0, 0.05) is 12.7 Å². The van der Waals surface area contributed by atoms with Crippen LogP contribution in [0.1, 0.15) is 38.4 Å². The van der Waals surface area contributed by atoms with Gasteiger partial charge in [0.15, 0.2) is 0 Å². The Balaban J connectivity index is 2.18. The van der Waals surface area contributed by atoms with E-state index in [0.717, 1.165) is 18.5 Å². The van der Waals surface area contributed by atoms with Crippen molar-refractivity contribution < 1.29 is 0 Å². The van der Waals surface area contributed by atoms with Gasteiger partial charge in [-0.05, 0) is 25.5 Å². The zero-order valence-electron chi connectivity index (χ0n) is 12.2. The van der Waals surface area contributed by atoms with Crippen molar-refractivity contribution in [1.82, 2.24) is 14.8 Å². The van der Waals surface area contributed by atoms with Gasteiger partial charge < -0.3 is 5.32 Å². The van der Waals surface area contributed by atoms with E-state index in [-0.39, 0.29) is 16.6 Å². The van der Waals surface area contributed by atoms with Crippen LogP contribution in [0.25, 0.3) is 0 Å². The smallest absolute Gasteiger partial charge is 0.287 e. The Hall–Kier alpha value is -1.88. The van der Waals surface area contributed by atoms with Crippen LogP contribution in [0.3, 0.4) is 0 Å². The number of hydrogen-bond acceptors (Lipinski definition) is 4. The first kappa shape index (κ1) is 15.5. The summed E-state index contributed by atoms with van der Waals surface area (Å²) in [4.78, 5) is 16.4. The van der Waals surface area contributed by atoms with Gasteiger partial charge >= 0.3 is 0 Å². The van der Waals surface area contributed by atoms with E-state index in [2.05, 4.69) is 22.3 Å². The van der Waals surface area contributed by atoms with Gasteiger partial charge in [-0.2, -0.15) is 5.10 Å². The number of aryl methyl sites for hydroxylation is 1. The molecule has 2 aromatic heterocycles. The fourth-order valence-electron chi connectivity index (χ4n) is 1.97. The predicted octanol–water partition coefficient (Wildman–Crippen LogP) is 3.26. The molecular weight excluding hydrogens is 288 g/mol. The molecule has 0 amide bonds. The van der Waals surface area contributed by atoms with Gasteiger partial charge in [0.25, 0.3) is 5.56 Å². The van der Waals surface area contributed by atoms with E-state index in [1.54, 1.807) is 12.4 Å². The Bertz CT molecular complexity index is 642. The number of unbranched alkanes of at least 4 members (excludes halogenated alkanes) is 1. The Morgan fingerprint density at radius 3 is 2.90 bits per heavy atom. The summed E-state index contributed by atoms with van der Waals surface area (Å²) in [5, 5.41) is 7.51. The lowest BCUT2D eigenvalue weighted by molar-refractivity contribution is 0.543. The molecule has 1 atom stereocenters. The molecule has 21 heavy (non-hydrogen) atoms. The lowest BCUT2D eigenvalue weighted by Crippen LogP contribution is -2.24. The van der Waals surface area contributed by atoms with Crippen LogP contribution in [-0.2, 0) is 6.54 Å². The molecule has 1 N–H and O–H groups in total. The third-order valence-electron chi connectivity index (χ3n) is 3.21. The van der Waals surface area contributed by atoms with Gasteiger partial charge in [-0.1, -0.05) is 31.0 Å². The summed E-state index contributed by atoms with van der Waals surface area (Å²) in [5.41, 5.74) is 1.15. The first-order valence-corrected chi connectivity index (χ1v) is 7.44. The average molecular weight is 307 g/mol. The third-order valence-corrected chi connectivity index (χ3v) is 3.58. The van der Waals surface area contributed by atoms with Crippen molar-refractivity contribution in [2.45, 2.75) is 39.3 Å². The summed E-state index contributed by atoms with van der Waals surface area (Å²) in [6, 6.07) is 5.64. The lowest BCUT2D eigenvalue weighted by Gasteiger charge is -2.16. The van der Waals surface area contributed by atoms with E-state index in [9.17, 15) is 4.79 Å². The van der Waals surface area contributed by atoms with Crippen LogP contribution in [0.15, 0.2) is 35.4 Å². The number of nitrogens with zero attached hydrogens (tertiary/aromatic N) is 3. The standard InChI is InChI=1S/C15H19ClN4O/c1-3-4-9-20-15(21)14(16)13(10-18-20)19-11(2)12-7-5-6-8-17-12/h5-8,10-11,19H,3-4,9H2,1-2H3. The quantitative estimate of drug-likeness (QED) is 0.890. The fraction of sp³-hybridized carbons (Fsp3) is 0.400. The summed E-state index contributed by atoms with van der Waals surface area (Å²) in [7, 11) is 0. The molecule has 2 heterocycles. The molecule has 0 fully saturated rings. The fourth-order valence-corrected chi connectivity index (χ4v) is 2.17. The molecule has 5 nitrogen and oxygen atoms in total. The summed E-state index contributed by atoms with van der Waals surface area (Å²) >= 11 is 6.15. The molecule has 0 radical (unpaired) electrons. The van der Waals surface area contributed by atoms with Crippen LogP contribution in [0.2, 0.25) is 5.02 Å². The van der Waals surface area contributed by atoms with Crippen LogP contribution < -0.4 is 10.9 Å². The van der Waals surface area contributed by atoms with Crippen molar-refractivity contribution in [3.63, 3.8) is 0 Å². The lowest BCUT2D eigenvalue weighted by atomic mass is 10.2. The molecule has 2 rings (SSSR count). The molecular formula is C15H19ClN4O. The van der Waals surface area contributed by atoms with Crippen molar-refractivity contribution in [2.24, 2.45) is 0 Å². The van der Waals surface area contributed by atoms with Crippen molar-refractivity contribution in [3.8, 4) is 0 Å². The number of pyridine rings is 1. The zero-order chi connectivity index (χ0) is 15.2. The molecule has 0 saturated heterocycles. The second-order valence-electron chi connectivity index (χ2n) is 4.87. The Morgan fingerprint density at radius 2 is 2.24 bits per heavy atom. The zero-order valence-corrected chi connectivity index (χ0v) is 13.0. The highest BCUT2D eigenvalue weighted by Crippen LogP contribution is 2.21. The number of anilines is 1. The van der Waals surface area contributed by atoms with E-state index >= 15 is 0 Å². The molecule has 6 heteroatoms. The summed E-state index contributed by atoms with van der Waals surface area (Å²) in [5.74, 6) is 0. The number of rotatable bonds is 6. The normalized spacial score (nSPS) is 12.1. The number of aromatic nitrogens is 3. The number of hydrogen-bond donors (Lipinski definition) is 1. The van der Waals surface area contributed by atoms with Gasteiger partial charge in [0.05, 0.1) is 23.6 Å². The van der Waals surface area contributed by atoms with E-state index < -0.39 is 0 Å². The molecule has 0 spiro atoms. The Kier molecular flexibility index (Phi) is 5.33. The van der Waals surface area contributed by atoms with E-state index in [0.29, 0.717) is 12.2 Å². The van der Waals surface area contributed by atoms with Gasteiger partial charge in [0.2, 0.25) is 0 Å². The summed E-state index contributed by atoms with van der Waals surface area (Å²) < 4.78 is 1.41. The third kappa shape index (κ3) is 3.82. The maximum absolute atomic E-state index is 12.1. The highest BCUT2D eigenvalue weighted by molar-refractivity contribution is 6.32. The average Bonchev–Trinajstić information content (AvgIpc) is 2.52. The van der Waals surface area contributed by atoms with Gasteiger partial charge in [-0.25, -0.2) is 4.68 Å². The van der Waals surface area contributed by atoms with Gasteiger partial charge in [-0.3, -0.25) is 9.78 Å². The summed E-state index contributed by atoms with van der Waals surface area (Å²) in [6.45, 7) is 4.61. The van der Waals surface area contributed by atoms with Crippen LogP contribution in [0.4, 0.5) is 5.69 Å². The van der Waals surface area contributed by atoms with Gasteiger partial charge in [0.1, 0.15) is 5.02 Å². The molecule has 112 valence electrons. The second-order valence-corrected chi connectivity index (χ2v) is 5.25. The molecule has 0 aliphatic heterocycles. The van der Waals surface area contributed by atoms with Crippen molar-refractivity contribution in [3.05, 3.63) is 51.7 Å². The minimum absolute atomic E-state index is 0.0589. The summed E-state index contributed by atoms with van der Waals surface area (Å²) in [6.07, 6.45) is 5.23. The van der Waals surface area contributed by atoms with E-state index in [4.69, 9.17) is 11.6 Å². The van der Waals surface area contributed by atoms with E-state index in [1.165, 1.54) is 4.68 Å². The maximum Gasteiger partial charge on any atom is 0.287 e. The molecule has 0 bridgehead atoms.